The van der Waals surface area contributed by atoms with Crippen molar-refractivity contribution in [1.82, 2.24) is 10.2 Å². The summed E-state index contributed by atoms with van der Waals surface area (Å²) in [5, 5.41) is 3.58. The van der Waals surface area contributed by atoms with Gasteiger partial charge in [-0.3, -0.25) is 4.90 Å². The van der Waals surface area contributed by atoms with Crippen LogP contribution in [0.15, 0.2) is 0 Å². The van der Waals surface area contributed by atoms with Crippen LogP contribution in [0.5, 0.6) is 0 Å². The molecule has 88 valence electrons. The Kier molecular flexibility index (Phi) is 3.65. The van der Waals surface area contributed by atoms with Crippen LogP contribution >= 0.6 is 0 Å². The number of morpholine rings is 1. The van der Waals surface area contributed by atoms with Gasteiger partial charge in [-0.15, -0.1) is 0 Å². The van der Waals surface area contributed by atoms with Gasteiger partial charge >= 0.3 is 0 Å². The Morgan fingerprint density at radius 1 is 1.47 bits per heavy atom. The number of nitrogens with one attached hydrogen (secondary N) is 1. The topological polar surface area (TPSA) is 24.5 Å². The van der Waals surface area contributed by atoms with Gasteiger partial charge in [-0.2, -0.15) is 0 Å². The van der Waals surface area contributed by atoms with E-state index in [-0.39, 0.29) is 0 Å². The van der Waals surface area contributed by atoms with Crippen molar-refractivity contribution in [3.8, 4) is 0 Å². The molecule has 2 aliphatic rings. The van der Waals surface area contributed by atoms with Gasteiger partial charge < -0.3 is 10.1 Å². The molecule has 3 unspecified atom stereocenters. The van der Waals surface area contributed by atoms with E-state index >= 15 is 0 Å². The third-order valence-corrected chi connectivity index (χ3v) is 3.62. The number of hydrogen-bond donors (Lipinski definition) is 1. The summed E-state index contributed by atoms with van der Waals surface area (Å²) in [6.07, 6.45) is 1.75. The average molecular weight is 212 g/mol. The molecule has 3 nitrogen and oxygen atoms in total. The van der Waals surface area contributed by atoms with Crippen LogP contribution in [0, 0.1) is 5.92 Å². The van der Waals surface area contributed by atoms with Crippen LogP contribution in [0.25, 0.3) is 0 Å². The van der Waals surface area contributed by atoms with E-state index < -0.39 is 0 Å². The molecule has 0 amide bonds. The fraction of sp³-hybridized carbons (Fsp3) is 1.00. The van der Waals surface area contributed by atoms with Crippen LogP contribution in [0.3, 0.4) is 0 Å². The van der Waals surface area contributed by atoms with Crippen LogP contribution in [0.2, 0.25) is 0 Å². The molecule has 3 heteroatoms. The Morgan fingerprint density at radius 2 is 2.20 bits per heavy atom. The summed E-state index contributed by atoms with van der Waals surface area (Å²) in [4.78, 5) is 2.51. The molecule has 2 rings (SSSR count). The predicted molar refractivity (Wildman–Crippen MR) is 62.0 cm³/mol. The van der Waals surface area contributed by atoms with Gasteiger partial charge in [0.15, 0.2) is 0 Å². The molecule has 0 aromatic heterocycles. The minimum atomic E-state index is 0.397. The lowest BCUT2D eigenvalue weighted by molar-refractivity contribution is -0.0373. The van der Waals surface area contributed by atoms with E-state index in [1.54, 1.807) is 0 Å². The van der Waals surface area contributed by atoms with E-state index in [9.17, 15) is 0 Å². The van der Waals surface area contributed by atoms with Crippen molar-refractivity contribution < 1.29 is 4.74 Å². The van der Waals surface area contributed by atoms with Gasteiger partial charge in [-0.1, -0.05) is 6.92 Å². The molecule has 1 aliphatic carbocycles. The molecule has 1 heterocycles. The molecule has 15 heavy (non-hydrogen) atoms. The highest BCUT2D eigenvalue weighted by molar-refractivity contribution is 4.90. The highest BCUT2D eigenvalue weighted by Gasteiger charge is 2.33. The van der Waals surface area contributed by atoms with Crippen LogP contribution in [-0.4, -0.2) is 49.3 Å². The van der Waals surface area contributed by atoms with Crippen LogP contribution in [0.1, 0.15) is 27.2 Å². The maximum absolute atomic E-state index is 5.77. The van der Waals surface area contributed by atoms with Crippen molar-refractivity contribution >= 4 is 0 Å². The second kappa shape index (κ2) is 4.81. The van der Waals surface area contributed by atoms with Gasteiger partial charge in [0.25, 0.3) is 0 Å². The average Bonchev–Trinajstić information content (AvgIpc) is 2.92. The lowest BCUT2D eigenvalue weighted by atomic mass is 10.2. The molecule has 1 aliphatic heterocycles. The first-order chi connectivity index (χ1) is 7.16. The van der Waals surface area contributed by atoms with Crippen LogP contribution in [0.4, 0.5) is 0 Å². The van der Waals surface area contributed by atoms with E-state index in [1.807, 2.05) is 0 Å². The Hall–Kier alpha value is -0.120. The number of hydrogen-bond acceptors (Lipinski definition) is 3. The molecule has 1 saturated carbocycles. The standard InChI is InChI=1S/C12H24N2O/c1-9(2)14-4-5-15-11(8-14)7-13-12-6-10(12)3/h9-13H,4-8H2,1-3H3. The predicted octanol–water partition coefficient (Wildman–Crippen LogP) is 1.09. The van der Waals surface area contributed by atoms with Gasteiger partial charge in [0, 0.05) is 31.7 Å². The Morgan fingerprint density at radius 3 is 2.80 bits per heavy atom. The van der Waals surface area contributed by atoms with E-state index in [2.05, 4.69) is 31.0 Å². The molecule has 3 atom stereocenters. The first-order valence-corrected chi connectivity index (χ1v) is 6.26. The first-order valence-electron chi connectivity index (χ1n) is 6.26. The fourth-order valence-corrected chi connectivity index (χ4v) is 2.22. The van der Waals surface area contributed by atoms with E-state index in [1.165, 1.54) is 6.42 Å². The SMILES string of the molecule is CC1CC1NCC1CN(C(C)C)CCO1. The summed E-state index contributed by atoms with van der Waals surface area (Å²) in [6, 6.07) is 1.42. The molecule has 1 saturated heterocycles. The van der Waals surface area contributed by atoms with E-state index in [0.29, 0.717) is 12.1 Å². The van der Waals surface area contributed by atoms with Crippen molar-refractivity contribution in [2.75, 3.05) is 26.2 Å². The quantitative estimate of drug-likeness (QED) is 0.755. The molecule has 0 spiro atoms. The molecular formula is C12H24N2O. The summed E-state index contributed by atoms with van der Waals surface area (Å²) in [5.41, 5.74) is 0. The van der Waals surface area contributed by atoms with Crippen LogP contribution < -0.4 is 5.32 Å². The highest BCUT2D eigenvalue weighted by Crippen LogP contribution is 2.28. The van der Waals surface area contributed by atoms with Crippen molar-refractivity contribution in [3.63, 3.8) is 0 Å². The highest BCUT2D eigenvalue weighted by atomic mass is 16.5. The minimum absolute atomic E-state index is 0.397. The van der Waals surface area contributed by atoms with Gasteiger partial charge in [0.1, 0.15) is 0 Å². The summed E-state index contributed by atoms with van der Waals surface area (Å²) in [5.74, 6) is 0.884. The zero-order chi connectivity index (χ0) is 10.8. The molecule has 0 aromatic rings. The second-order valence-corrected chi connectivity index (χ2v) is 5.31. The molecule has 1 N–H and O–H groups in total. The maximum Gasteiger partial charge on any atom is 0.0826 e. The van der Waals surface area contributed by atoms with E-state index in [4.69, 9.17) is 4.74 Å². The molecule has 2 fully saturated rings. The first kappa shape index (κ1) is 11.4. The largest absolute Gasteiger partial charge is 0.374 e. The van der Waals surface area contributed by atoms with E-state index in [0.717, 1.165) is 38.2 Å². The third kappa shape index (κ3) is 3.16. The van der Waals surface area contributed by atoms with Gasteiger partial charge in [0.05, 0.1) is 12.7 Å². The number of nitrogens with zero attached hydrogens (tertiary/aromatic N) is 1. The summed E-state index contributed by atoms with van der Waals surface area (Å²) in [7, 11) is 0. The zero-order valence-corrected chi connectivity index (χ0v) is 10.2. The smallest absolute Gasteiger partial charge is 0.0826 e. The third-order valence-electron chi connectivity index (χ3n) is 3.62. The lowest BCUT2D eigenvalue weighted by Gasteiger charge is -2.35. The monoisotopic (exact) mass is 212 g/mol. The number of ether oxygens (including phenoxy) is 1. The molecule has 0 aromatic carbocycles. The summed E-state index contributed by atoms with van der Waals surface area (Å²) >= 11 is 0. The Labute approximate surface area is 93.2 Å². The molecule has 0 bridgehead atoms. The lowest BCUT2D eigenvalue weighted by Crippen LogP contribution is -2.49. The molecule has 0 radical (unpaired) electrons. The van der Waals surface area contributed by atoms with Crippen molar-refractivity contribution in [3.05, 3.63) is 0 Å². The van der Waals surface area contributed by atoms with Gasteiger partial charge in [-0.05, 0) is 26.2 Å². The van der Waals surface area contributed by atoms with Gasteiger partial charge in [-0.25, -0.2) is 0 Å². The second-order valence-electron chi connectivity index (χ2n) is 5.31. The van der Waals surface area contributed by atoms with Crippen molar-refractivity contribution in [2.45, 2.75) is 45.4 Å². The van der Waals surface area contributed by atoms with Crippen LogP contribution in [-0.2, 0) is 4.74 Å². The maximum atomic E-state index is 5.77. The minimum Gasteiger partial charge on any atom is -0.374 e. The van der Waals surface area contributed by atoms with Crippen molar-refractivity contribution in [1.29, 1.82) is 0 Å². The number of rotatable bonds is 4. The van der Waals surface area contributed by atoms with Gasteiger partial charge in [0.2, 0.25) is 0 Å². The Balaban J connectivity index is 1.68. The fourth-order valence-electron chi connectivity index (χ4n) is 2.22. The summed E-state index contributed by atoms with van der Waals surface area (Å²) < 4.78 is 5.77. The van der Waals surface area contributed by atoms with Crippen molar-refractivity contribution in [2.24, 2.45) is 5.92 Å². The summed E-state index contributed by atoms with van der Waals surface area (Å²) in [6.45, 7) is 10.9. The normalized spacial score (nSPS) is 37.2. The zero-order valence-electron chi connectivity index (χ0n) is 10.2. The Bertz CT molecular complexity index is 208. The molecular weight excluding hydrogens is 188 g/mol.